The van der Waals surface area contributed by atoms with E-state index in [9.17, 15) is 18.0 Å². The monoisotopic (exact) mass is 376 g/mol. The van der Waals surface area contributed by atoms with Crippen LogP contribution in [0.3, 0.4) is 0 Å². The first kappa shape index (κ1) is 14.5. The molecule has 21 heavy (non-hydrogen) atoms. The van der Waals surface area contributed by atoms with E-state index >= 15 is 0 Å². The second-order valence-electron chi connectivity index (χ2n) is 5.04. The van der Waals surface area contributed by atoms with Gasteiger partial charge in [-0.05, 0) is 22.9 Å². The fraction of sp³-hybridized carbons (Fsp3) is 0.545. The molecule has 2 aromatic heterocycles. The van der Waals surface area contributed by atoms with Crippen molar-refractivity contribution in [2.75, 3.05) is 11.5 Å². The van der Waals surface area contributed by atoms with Crippen molar-refractivity contribution in [1.29, 1.82) is 0 Å². The van der Waals surface area contributed by atoms with Gasteiger partial charge in [0.25, 0.3) is 5.56 Å². The van der Waals surface area contributed by atoms with Gasteiger partial charge in [0.1, 0.15) is 0 Å². The highest BCUT2D eigenvalue weighted by atomic mass is 79.9. The predicted octanol–water partition coefficient (Wildman–Crippen LogP) is -0.351. The lowest BCUT2D eigenvalue weighted by atomic mass is 10.3. The third-order valence-electron chi connectivity index (χ3n) is 3.71. The van der Waals surface area contributed by atoms with Gasteiger partial charge in [-0.25, -0.2) is 18.2 Å². The molecule has 0 radical (unpaired) electrons. The van der Waals surface area contributed by atoms with Crippen LogP contribution in [0.5, 0.6) is 0 Å². The molecule has 1 saturated heterocycles. The van der Waals surface area contributed by atoms with Gasteiger partial charge >= 0.3 is 5.69 Å². The molecule has 1 aliphatic rings. The van der Waals surface area contributed by atoms with E-state index in [1.807, 2.05) is 0 Å². The Morgan fingerprint density at radius 1 is 1.33 bits per heavy atom. The Hall–Kier alpha value is -1.42. The zero-order valence-electron chi connectivity index (χ0n) is 11.4. The SMILES string of the molecule is CCn1c(=O)c2c(nc(Br)n2C2CS(=O)(=O)C2)n(C)c1=O. The van der Waals surface area contributed by atoms with Crippen molar-refractivity contribution in [2.24, 2.45) is 7.05 Å². The lowest BCUT2D eigenvalue weighted by Gasteiger charge is -2.27. The number of halogens is 1. The van der Waals surface area contributed by atoms with Crippen LogP contribution in [-0.4, -0.2) is 38.6 Å². The van der Waals surface area contributed by atoms with Crippen LogP contribution in [0.15, 0.2) is 14.3 Å². The second-order valence-corrected chi connectivity index (χ2v) is 7.91. The van der Waals surface area contributed by atoms with Crippen LogP contribution in [0.25, 0.3) is 11.2 Å². The van der Waals surface area contributed by atoms with Crippen LogP contribution in [0.1, 0.15) is 13.0 Å². The average molecular weight is 377 g/mol. The van der Waals surface area contributed by atoms with Gasteiger partial charge in [0.05, 0.1) is 17.5 Å². The molecular weight excluding hydrogens is 364 g/mol. The summed E-state index contributed by atoms with van der Waals surface area (Å²) in [6, 6.07) is -0.329. The Labute approximate surface area is 128 Å². The molecule has 0 saturated carbocycles. The molecule has 3 rings (SSSR count). The highest BCUT2D eigenvalue weighted by Crippen LogP contribution is 2.30. The van der Waals surface area contributed by atoms with Crippen LogP contribution in [0.4, 0.5) is 0 Å². The van der Waals surface area contributed by atoms with Crippen molar-refractivity contribution in [3.63, 3.8) is 0 Å². The summed E-state index contributed by atoms with van der Waals surface area (Å²) in [5.74, 6) is -0.0447. The molecule has 0 atom stereocenters. The fourth-order valence-electron chi connectivity index (χ4n) is 2.61. The Kier molecular flexibility index (Phi) is 3.14. The second kappa shape index (κ2) is 4.54. The Bertz CT molecular complexity index is 957. The van der Waals surface area contributed by atoms with Crippen LogP contribution < -0.4 is 11.2 Å². The molecule has 1 fully saturated rings. The summed E-state index contributed by atoms with van der Waals surface area (Å²) in [5, 5.41) is 0. The van der Waals surface area contributed by atoms with Crippen LogP contribution in [0, 0.1) is 0 Å². The number of hydrogen-bond acceptors (Lipinski definition) is 5. The number of nitrogens with zero attached hydrogens (tertiary/aromatic N) is 4. The van der Waals surface area contributed by atoms with Crippen LogP contribution >= 0.6 is 15.9 Å². The number of hydrogen-bond donors (Lipinski definition) is 0. The first-order valence-corrected chi connectivity index (χ1v) is 8.96. The van der Waals surface area contributed by atoms with Crippen LogP contribution in [0.2, 0.25) is 0 Å². The molecule has 0 bridgehead atoms. The maximum Gasteiger partial charge on any atom is 0.332 e. The summed E-state index contributed by atoms with van der Waals surface area (Å²) in [7, 11) is -1.50. The smallest absolute Gasteiger partial charge is 0.307 e. The standard InChI is InChI=1S/C11H13BrN4O4S/c1-3-15-9(17)7-8(14(2)11(15)18)13-10(12)16(7)6-4-21(19,20)5-6/h6H,3-5H2,1-2H3. The summed E-state index contributed by atoms with van der Waals surface area (Å²) in [4.78, 5) is 28.8. The number of aryl methyl sites for hydroxylation is 1. The van der Waals surface area contributed by atoms with Crippen LogP contribution in [-0.2, 0) is 23.4 Å². The molecule has 0 aliphatic carbocycles. The molecule has 0 amide bonds. The van der Waals surface area contributed by atoms with Gasteiger partial charge < -0.3 is 4.57 Å². The van der Waals surface area contributed by atoms with E-state index in [0.29, 0.717) is 4.73 Å². The first-order chi connectivity index (χ1) is 9.76. The first-order valence-electron chi connectivity index (χ1n) is 6.34. The third kappa shape index (κ3) is 2.00. The molecule has 8 nitrogen and oxygen atoms in total. The van der Waals surface area contributed by atoms with Gasteiger partial charge in [0, 0.05) is 13.6 Å². The van der Waals surface area contributed by atoms with E-state index in [0.717, 1.165) is 4.57 Å². The minimum atomic E-state index is -3.04. The molecule has 0 spiro atoms. The van der Waals surface area contributed by atoms with E-state index in [2.05, 4.69) is 20.9 Å². The number of aromatic nitrogens is 4. The summed E-state index contributed by atoms with van der Waals surface area (Å²) < 4.78 is 27.1. The van der Waals surface area contributed by atoms with Gasteiger partial charge in [-0.15, -0.1) is 0 Å². The molecule has 1 aliphatic heterocycles. The van der Waals surface area contributed by atoms with Gasteiger partial charge in [0.2, 0.25) is 0 Å². The van der Waals surface area contributed by atoms with Crippen molar-refractivity contribution >= 4 is 36.9 Å². The van der Waals surface area contributed by atoms with Gasteiger partial charge in [0.15, 0.2) is 25.7 Å². The van der Waals surface area contributed by atoms with Crippen molar-refractivity contribution in [1.82, 2.24) is 18.7 Å². The van der Waals surface area contributed by atoms with Crippen molar-refractivity contribution < 1.29 is 8.42 Å². The highest BCUT2D eigenvalue weighted by molar-refractivity contribution is 9.10. The normalized spacial score (nSPS) is 18.0. The number of fused-ring (bicyclic) bond motifs is 1. The van der Waals surface area contributed by atoms with E-state index in [1.54, 1.807) is 11.5 Å². The van der Waals surface area contributed by atoms with Crippen molar-refractivity contribution in [3.05, 3.63) is 25.6 Å². The molecule has 2 aromatic rings. The number of rotatable bonds is 2. The lowest BCUT2D eigenvalue weighted by molar-refractivity contribution is 0.507. The lowest BCUT2D eigenvalue weighted by Crippen LogP contribution is -2.42. The molecule has 3 heterocycles. The maximum atomic E-state index is 12.5. The Balaban J connectivity index is 2.37. The molecular formula is C11H13BrN4O4S. The largest absolute Gasteiger partial charge is 0.332 e. The summed E-state index contributed by atoms with van der Waals surface area (Å²) in [6.45, 7) is 1.95. The molecule has 114 valence electrons. The molecule has 0 N–H and O–H groups in total. The third-order valence-corrected chi connectivity index (χ3v) is 6.05. The highest BCUT2D eigenvalue weighted by Gasteiger charge is 2.37. The number of sulfone groups is 1. The summed E-state index contributed by atoms with van der Waals surface area (Å²) in [5.41, 5.74) is -0.372. The molecule has 0 aromatic carbocycles. The number of imidazole rings is 1. The van der Waals surface area contributed by atoms with E-state index in [1.165, 1.54) is 11.6 Å². The fourth-order valence-corrected chi connectivity index (χ4v) is 4.62. The molecule has 0 unspecified atom stereocenters. The topological polar surface area (TPSA) is 96.0 Å². The zero-order valence-corrected chi connectivity index (χ0v) is 13.8. The van der Waals surface area contributed by atoms with Gasteiger partial charge in [-0.2, -0.15) is 0 Å². The zero-order chi connectivity index (χ0) is 15.5. The van der Waals surface area contributed by atoms with Gasteiger partial charge in [-0.3, -0.25) is 13.9 Å². The Morgan fingerprint density at radius 2 is 1.95 bits per heavy atom. The quantitative estimate of drug-likeness (QED) is 0.667. The van der Waals surface area contributed by atoms with Gasteiger partial charge in [-0.1, -0.05) is 0 Å². The van der Waals surface area contributed by atoms with E-state index in [4.69, 9.17) is 0 Å². The minimum absolute atomic E-state index is 0.0224. The minimum Gasteiger partial charge on any atom is -0.307 e. The summed E-state index contributed by atoms with van der Waals surface area (Å²) in [6.07, 6.45) is 0. The van der Waals surface area contributed by atoms with Crippen molar-refractivity contribution in [3.8, 4) is 0 Å². The Morgan fingerprint density at radius 3 is 2.48 bits per heavy atom. The van der Waals surface area contributed by atoms with Crippen molar-refractivity contribution in [2.45, 2.75) is 19.5 Å². The molecule has 10 heteroatoms. The van der Waals surface area contributed by atoms with E-state index < -0.39 is 21.1 Å². The maximum absolute atomic E-state index is 12.5. The van der Waals surface area contributed by atoms with E-state index in [-0.39, 0.29) is 35.3 Å². The average Bonchev–Trinajstić information content (AvgIpc) is 2.71. The summed E-state index contributed by atoms with van der Waals surface area (Å²) >= 11 is 3.26. The predicted molar refractivity (Wildman–Crippen MR) is 80.3 cm³/mol.